The zero-order chi connectivity index (χ0) is 19.8. The van der Waals surface area contributed by atoms with Crippen molar-refractivity contribution in [2.75, 3.05) is 0 Å². The molecular weight excluding hydrogens is 350 g/mol. The van der Waals surface area contributed by atoms with Gasteiger partial charge in [0, 0.05) is 5.92 Å². The number of aliphatic hydroxyl groups excluding tert-OH is 4. The SMILES string of the molecule is CC1OC(OC2C(C)C(O)C(O)C(O)C2O)C(N)CC1N=C(N)C(=O)O. The number of aliphatic imine (C=N–C) groups is 1. The van der Waals surface area contributed by atoms with Gasteiger partial charge in [-0.3, -0.25) is 4.99 Å². The summed E-state index contributed by atoms with van der Waals surface area (Å²) in [4.78, 5) is 14.7. The summed E-state index contributed by atoms with van der Waals surface area (Å²) in [5, 5.41) is 48.5. The van der Waals surface area contributed by atoms with Gasteiger partial charge in [-0.2, -0.15) is 0 Å². The Morgan fingerprint density at radius 2 is 1.69 bits per heavy atom. The van der Waals surface area contributed by atoms with Crippen molar-refractivity contribution in [1.82, 2.24) is 0 Å². The molecule has 11 nitrogen and oxygen atoms in total. The highest BCUT2D eigenvalue weighted by Crippen LogP contribution is 2.32. The summed E-state index contributed by atoms with van der Waals surface area (Å²) in [6, 6.07) is -1.28. The Bertz CT molecular complexity index is 531. The lowest BCUT2D eigenvalue weighted by molar-refractivity contribution is -0.281. The topological polar surface area (TPSA) is 201 Å². The molecule has 1 saturated carbocycles. The van der Waals surface area contributed by atoms with Crippen LogP contribution < -0.4 is 11.5 Å². The highest BCUT2D eigenvalue weighted by molar-refractivity contribution is 6.33. The van der Waals surface area contributed by atoms with Crippen molar-refractivity contribution < 1.29 is 39.8 Å². The number of aliphatic hydroxyl groups is 4. The fourth-order valence-electron chi connectivity index (χ4n) is 3.28. The van der Waals surface area contributed by atoms with Gasteiger partial charge in [0.05, 0.1) is 30.4 Å². The van der Waals surface area contributed by atoms with Crippen LogP contribution in [0.2, 0.25) is 0 Å². The Kier molecular flexibility index (Phi) is 6.55. The highest BCUT2D eigenvalue weighted by Gasteiger charge is 2.49. The molecule has 26 heavy (non-hydrogen) atoms. The number of hydrogen-bond donors (Lipinski definition) is 7. The van der Waals surface area contributed by atoms with Gasteiger partial charge in [0.25, 0.3) is 0 Å². The molecule has 11 heteroatoms. The van der Waals surface area contributed by atoms with E-state index < -0.39 is 72.7 Å². The van der Waals surface area contributed by atoms with Crippen LogP contribution >= 0.6 is 0 Å². The smallest absolute Gasteiger partial charge is 0.370 e. The second-order valence-corrected chi connectivity index (χ2v) is 6.92. The minimum atomic E-state index is -1.57. The number of carbonyl (C=O) groups is 1. The van der Waals surface area contributed by atoms with Crippen LogP contribution in [0.5, 0.6) is 0 Å². The maximum absolute atomic E-state index is 10.8. The maximum atomic E-state index is 10.8. The van der Waals surface area contributed by atoms with E-state index in [1.54, 1.807) is 13.8 Å². The normalized spacial score (nSPS) is 47.6. The van der Waals surface area contributed by atoms with Gasteiger partial charge in [0.1, 0.15) is 18.3 Å². The number of ether oxygens (including phenoxy) is 2. The summed E-state index contributed by atoms with van der Waals surface area (Å²) in [5.41, 5.74) is 11.4. The first-order valence-electron chi connectivity index (χ1n) is 8.40. The molecule has 0 aromatic rings. The lowest BCUT2D eigenvalue weighted by Gasteiger charge is -2.46. The van der Waals surface area contributed by atoms with E-state index in [0.29, 0.717) is 0 Å². The molecule has 10 unspecified atom stereocenters. The Morgan fingerprint density at radius 3 is 2.27 bits per heavy atom. The second-order valence-electron chi connectivity index (χ2n) is 6.92. The molecule has 0 spiro atoms. The predicted octanol–water partition coefficient (Wildman–Crippen LogP) is -3.26. The molecule has 2 fully saturated rings. The number of carboxylic acid groups (broad SMARTS) is 1. The van der Waals surface area contributed by atoms with E-state index >= 15 is 0 Å². The summed E-state index contributed by atoms with van der Waals surface area (Å²) in [6.45, 7) is 3.21. The zero-order valence-electron chi connectivity index (χ0n) is 14.5. The first-order chi connectivity index (χ1) is 12.0. The lowest BCUT2D eigenvalue weighted by atomic mass is 9.79. The molecule has 9 N–H and O–H groups in total. The van der Waals surface area contributed by atoms with Crippen LogP contribution in [-0.4, -0.2) is 92.3 Å². The number of carboxylic acids is 1. The quantitative estimate of drug-likeness (QED) is 0.193. The van der Waals surface area contributed by atoms with Crippen molar-refractivity contribution >= 4 is 11.8 Å². The summed E-state index contributed by atoms with van der Waals surface area (Å²) in [7, 11) is 0. The largest absolute Gasteiger partial charge is 0.475 e. The van der Waals surface area contributed by atoms with Crippen molar-refractivity contribution in [3.8, 4) is 0 Å². The van der Waals surface area contributed by atoms with Gasteiger partial charge in [-0.1, -0.05) is 6.92 Å². The summed E-state index contributed by atoms with van der Waals surface area (Å²) in [5.74, 6) is -2.58. The summed E-state index contributed by atoms with van der Waals surface area (Å²) < 4.78 is 11.4. The minimum absolute atomic E-state index is 0.227. The van der Waals surface area contributed by atoms with Crippen LogP contribution in [-0.2, 0) is 14.3 Å². The summed E-state index contributed by atoms with van der Waals surface area (Å²) >= 11 is 0. The molecule has 0 radical (unpaired) electrons. The first kappa shape index (κ1) is 21.0. The Labute approximate surface area is 150 Å². The third kappa shape index (κ3) is 4.14. The molecular formula is C15H27N3O8. The second kappa shape index (κ2) is 8.13. The third-order valence-corrected chi connectivity index (χ3v) is 5.01. The van der Waals surface area contributed by atoms with Crippen molar-refractivity contribution in [2.45, 2.75) is 75.3 Å². The van der Waals surface area contributed by atoms with Crippen LogP contribution in [0.1, 0.15) is 20.3 Å². The predicted molar refractivity (Wildman–Crippen MR) is 88.0 cm³/mol. The molecule has 10 atom stereocenters. The van der Waals surface area contributed by atoms with Gasteiger partial charge in [-0.25, -0.2) is 4.79 Å². The molecule has 1 aliphatic carbocycles. The average molecular weight is 377 g/mol. The van der Waals surface area contributed by atoms with E-state index in [-0.39, 0.29) is 6.42 Å². The minimum Gasteiger partial charge on any atom is -0.475 e. The van der Waals surface area contributed by atoms with Crippen LogP contribution in [0.3, 0.4) is 0 Å². The molecule has 0 aromatic heterocycles. The van der Waals surface area contributed by atoms with E-state index in [1.807, 2.05) is 0 Å². The van der Waals surface area contributed by atoms with E-state index in [0.717, 1.165) is 0 Å². The molecule has 1 aliphatic heterocycles. The van der Waals surface area contributed by atoms with Crippen molar-refractivity contribution in [1.29, 1.82) is 0 Å². The average Bonchev–Trinajstić information content (AvgIpc) is 2.58. The van der Waals surface area contributed by atoms with E-state index in [1.165, 1.54) is 0 Å². The third-order valence-electron chi connectivity index (χ3n) is 5.01. The van der Waals surface area contributed by atoms with Crippen molar-refractivity contribution in [2.24, 2.45) is 22.4 Å². The highest BCUT2D eigenvalue weighted by atomic mass is 16.7. The lowest BCUT2D eigenvalue weighted by Crippen LogP contribution is -2.63. The molecule has 1 heterocycles. The van der Waals surface area contributed by atoms with Crippen LogP contribution in [0.25, 0.3) is 0 Å². The van der Waals surface area contributed by atoms with Gasteiger partial charge in [0.2, 0.25) is 5.84 Å². The zero-order valence-corrected chi connectivity index (χ0v) is 14.5. The van der Waals surface area contributed by atoms with E-state index in [2.05, 4.69) is 4.99 Å². The first-order valence-corrected chi connectivity index (χ1v) is 8.40. The molecule has 2 aliphatic rings. The number of aliphatic carboxylic acids is 1. The Balaban J connectivity index is 2.07. The van der Waals surface area contributed by atoms with Crippen molar-refractivity contribution in [3.05, 3.63) is 0 Å². The molecule has 0 aromatic carbocycles. The van der Waals surface area contributed by atoms with Gasteiger partial charge in [-0.05, 0) is 13.3 Å². The van der Waals surface area contributed by atoms with Gasteiger partial charge >= 0.3 is 5.97 Å². The maximum Gasteiger partial charge on any atom is 0.370 e. The van der Waals surface area contributed by atoms with Crippen molar-refractivity contribution in [3.63, 3.8) is 0 Å². The van der Waals surface area contributed by atoms with E-state index in [4.69, 9.17) is 26.0 Å². The van der Waals surface area contributed by atoms with Gasteiger partial charge in [0.15, 0.2) is 6.29 Å². The van der Waals surface area contributed by atoms with E-state index in [9.17, 15) is 25.2 Å². The summed E-state index contributed by atoms with van der Waals surface area (Å²) in [6.07, 6.45) is -8.11. The number of nitrogens with zero attached hydrogens (tertiary/aromatic N) is 1. The van der Waals surface area contributed by atoms with Gasteiger partial charge in [-0.15, -0.1) is 0 Å². The Hall–Kier alpha value is -1.34. The number of rotatable bonds is 3. The molecule has 0 amide bonds. The molecule has 1 saturated heterocycles. The monoisotopic (exact) mass is 377 g/mol. The fourth-order valence-corrected chi connectivity index (χ4v) is 3.28. The number of amidine groups is 1. The number of nitrogens with two attached hydrogens (primary N) is 2. The molecule has 2 rings (SSSR count). The van der Waals surface area contributed by atoms with Crippen LogP contribution in [0.15, 0.2) is 4.99 Å². The standard InChI is InChI=1S/C15H27N3O8/c1-4-8(19)9(20)10(21)11(22)12(4)26-15-6(16)3-7(5(2)25-15)18-13(17)14(23)24/h4-12,15,19-22H,3,16H2,1-2H3,(H2,17,18)(H,23,24). The molecule has 0 bridgehead atoms. The number of hydrogen-bond acceptors (Lipinski definition) is 9. The van der Waals surface area contributed by atoms with Crippen LogP contribution in [0, 0.1) is 5.92 Å². The Morgan fingerprint density at radius 1 is 1.12 bits per heavy atom. The fraction of sp³-hybridized carbons (Fsp3) is 0.867. The van der Waals surface area contributed by atoms with Crippen LogP contribution in [0.4, 0.5) is 0 Å². The van der Waals surface area contributed by atoms with Gasteiger partial charge < -0.3 is 46.5 Å². The molecule has 150 valence electrons.